The van der Waals surface area contributed by atoms with E-state index in [1.165, 1.54) is 6.07 Å². The average Bonchev–Trinajstić information content (AvgIpc) is 2.54. The van der Waals surface area contributed by atoms with Gasteiger partial charge in [-0.1, -0.05) is 30.3 Å². The van der Waals surface area contributed by atoms with Crippen molar-refractivity contribution < 1.29 is 10.2 Å². The summed E-state index contributed by atoms with van der Waals surface area (Å²) in [5, 5.41) is 20.2. The maximum atomic E-state index is 10.3. The second-order valence-electron chi connectivity index (χ2n) is 6.92. The third-order valence-corrected chi connectivity index (χ3v) is 4.59. The zero-order chi connectivity index (χ0) is 17.7. The van der Waals surface area contributed by atoms with Gasteiger partial charge in [0.05, 0.1) is 0 Å². The Labute approximate surface area is 145 Å². The molecule has 3 heteroatoms. The molecule has 0 aliphatic carbocycles. The minimum atomic E-state index is 0.0540. The van der Waals surface area contributed by atoms with Crippen molar-refractivity contribution in [2.75, 3.05) is 6.54 Å². The van der Waals surface area contributed by atoms with Crippen molar-refractivity contribution in [2.24, 2.45) is 0 Å². The lowest BCUT2D eigenvalue weighted by molar-refractivity contribution is 0.170. The zero-order valence-corrected chi connectivity index (χ0v) is 15.1. The molecule has 2 aromatic rings. The molecule has 3 nitrogen and oxygen atoms in total. The first-order valence-electron chi connectivity index (χ1n) is 8.72. The first-order chi connectivity index (χ1) is 11.4. The third kappa shape index (κ3) is 4.51. The van der Waals surface area contributed by atoms with E-state index in [4.69, 9.17) is 0 Å². The fourth-order valence-electron chi connectivity index (χ4n) is 3.40. The Hall–Kier alpha value is -2.00. The number of aromatic hydroxyl groups is 2. The Kier molecular flexibility index (Phi) is 6.27. The van der Waals surface area contributed by atoms with Gasteiger partial charge in [-0.3, -0.25) is 4.90 Å². The van der Waals surface area contributed by atoms with Crippen LogP contribution in [0.4, 0.5) is 0 Å². The van der Waals surface area contributed by atoms with Gasteiger partial charge in [0.15, 0.2) is 0 Å². The number of phenols is 2. The monoisotopic (exact) mass is 327 g/mol. The molecule has 0 fully saturated rings. The molecule has 1 unspecified atom stereocenters. The van der Waals surface area contributed by atoms with Gasteiger partial charge in [0, 0.05) is 23.6 Å². The molecule has 2 N–H and O–H groups in total. The highest BCUT2D eigenvalue weighted by molar-refractivity contribution is 5.45. The Balaban J connectivity index is 2.32. The molecule has 130 valence electrons. The number of phenolic OH excluding ortho intramolecular Hbond substituents is 2. The highest BCUT2D eigenvalue weighted by Crippen LogP contribution is 2.36. The van der Waals surface area contributed by atoms with Crippen LogP contribution < -0.4 is 0 Å². The van der Waals surface area contributed by atoms with Crippen LogP contribution in [0.15, 0.2) is 48.5 Å². The lowest BCUT2D eigenvalue weighted by Crippen LogP contribution is -2.38. The number of nitrogens with zero attached hydrogens (tertiary/aromatic N) is 1. The number of benzene rings is 2. The van der Waals surface area contributed by atoms with Crippen LogP contribution >= 0.6 is 0 Å². The van der Waals surface area contributed by atoms with Gasteiger partial charge >= 0.3 is 0 Å². The van der Waals surface area contributed by atoms with E-state index in [2.05, 4.69) is 44.7 Å². The van der Waals surface area contributed by atoms with Crippen molar-refractivity contribution in [3.63, 3.8) is 0 Å². The van der Waals surface area contributed by atoms with Crippen molar-refractivity contribution >= 4 is 0 Å². The third-order valence-electron chi connectivity index (χ3n) is 4.59. The van der Waals surface area contributed by atoms with E-state index in [1.54, 1.807) is 12.1 Å². The predicted octanol–water partition coefficient (Wildman–Crippen LogP) is 4.74. The second-order valence-corrected chi connectivity index (χ2v) is 6.92. The van der Waals surface area contributed by atoms with E-state index in [-0.39, 0.29) is 17.4 Å². The van der Waals surface area contributed by atoms with Gasteiger partial charge in [-0.25, -0.2) is 0 Å². The van der Waals surface area contributed by atoms with Crippen molar-refractivity contribution in [3.05, 3.63) is 59.7 Å². The maximum Gasteiger partial charge on any atom is 0.119 e. The van der Waals surface area contributed by atoms with Gasteiger partial charge in [0.2, 0.25) is 0 Å². The molecule has 0 saturated heterocycles. The van der Waals surface area contributed by atoms with Crippen LogP contribution in [0.2, 0.25) is 0 Å². The van der Waals surface area contributed by atoms with Gasteiger partial charge in [-0.2, -0.15) is 0 Å². The molecule has 0 amide bonds. The first kappa shape index (κ1) is 18.3. The summed E-state index contributed by atoms with van der Waals surface area (Å²) in [7, 11) is 0. The SMILES string of the molecule is CC(C)N(CCC(c1ccccc1)c1cc(O)ccc1O)C(C)C. The van der Waals surface area contributed by atoms with Crippen LogP contribution in [0.3, 0.4) is 0 Å². The predicted molar refractivity (Wildman–Crippen MR) is 99.7 cm³/mol. The van der Waals surface area contributed by atoms with Gasteiger partial charge in [0.1, 0.15) is 11.5 Å². The topological polar surface area (TPSA) is 43.7 Å². The molecule has 0 radical (unpaired) electrons. The molecule has 0 aliphatic rings. The van der Waals surface area contributed by atoms with Crippen LogP contribution in [0.5, 0.6) is 11.5 Å². The molecule has 0 aromatic heterocycles. The van der Waals surface area contributed by atoms with E-state index in [0.29, 0.717) is 12.1 Å². The lowest BCUT2D eigenvalue weighted by Gasteiger charge is -2.32. The minimum Gasteiger partial charge on any atom is -0.508 e. The molecule has 0 aliphatic heterocycles. The highest BCUT2D eigenvalue weighted by atomic mass is 16.3. The Morgan fingerprint density at radius 2 is 1.50 bits per heavy atom. The Morgan fingerprint density at radius 1 is 0.875 bits per heavy atom. The van der Waals surface area contributed by atoms with Crippen molar-refractivity contribution in [3.8, 4) is 11.5 Å². The molecule has 0 heterocycles. The smallest absolute Gasteiger partial charge is 0.119 e. The maximum absolute atomic E-state index is 10.3. The molecule has 0 spiro atoms. The molecule has 0 saturated carbocycles. The lowest BCUT2D eigenvalue weighted by atomic mass is 9.87. The van der Waals surface area contributed by atoms with Crippen LogP contribution in [-0.4, -0.2) is 33.7 Å². The summed E-state index contributed by atoms with van der Waals surface area (Å²) in [6.07, 6.45) is 0.886. The summed E-state index contributed by atoms with van der Waals surface area (Å²) >= 11 is 0. The fourth-order valence-corrected chi connectivity index (χ4v) is 3.40. The molecule has 2 rings (SSSR count). The van der Waals surface area contributed by atoms with Crippen molar-refractivity contribution in [1.82, 2.24) is 4.90 Å². The van der Waals surface area contributed by atoms with Crippen molar-refractivity contribution in [1.29, 1.82) is 0 Å². The molecule has 24 heavy (non-hydrogen) atoms. The second kappa shape index (κ2) is 8.20. The van der Waals surface area contributed by atoms with Crippen LogP contribution in [0.25, 0.3) is 0 Å². The van der Waals surface area contributed by atoms with Gasteiger partial charge < -0.3 is 10.2 Å². The van der Waals surface area contributed by atoms with E-state index in [0.717, 1.165) is 24.1 Å². The van der Waals surface area contributed by atoms with E-state index in [1.807, 2.05) is 18.2 Å². The van der Waals surface area contributed by atoms with Crippen LogP contribution in [0, 0.1) is 0 Å². The van der Waals surface area contributed by atoms with Crippen LogP contribution in [0.1, 0.15) is 51.2 Å². The number of hydrogen-bond acceptors (Lipinski definition) is 3. The van der Waals surface area contributed by atoms with Gasteiger partial charge in [-0.15, -0.1) is 0 Å². The molecule has 1 atom stereocenters. The standard InChI is InChI=1S/C21H29NO2/c1-15(2)22(16(3)4)13-12-19(17-8-6-5-7-9-17)20-14-18(23)10-11-21(20)24/h5-11,14-16,19,23-24H,12-13H2,1-4H3. The summed E-state index contributed by atoms with van der Waals surface area (Å²) < 4.78 is 0. The highest BCUT2D eigenvalue weighted by Gasteiger charge is 2.21. The van der Waals surface area contributed by atoms with Gasteiger partial charge in [-0.05, 0) is 64.4 Å². The average molecular weight is 327 g/mol. The minimum absolute atomic E-state index is 0.0540. The summed E-state index contributed by atoms with van der Waals surface area (Å²) in [6, 6.07) is 15.9. The normalized spacial score (nSPS) is 13.0. The molecule has 2 aromatic carbocycles. The van der Waals surface area contributed by atoms with E-state index >= 15 is 0 Å². The molecular formula is C21H29NO2. The van der Waals surface area contributed by atoms with Crippen LogP contribution in [-0.2, 0) is 0 Å². The first-order valence-corrected chi connectivity index (χ1v) is 8.72. The quantitative estimate of drug-likeness (QED) is 0.722. The Bertz CT molecular complexity index is 630. The van der Waals surface area contributed by atoms with E-state index in [9.17, 15) is 10.2 Å². The zero-order valence-electron chi connectivity index (χ0n) is 15.1. The van der Waals surface area contributed by atoms with E-state index < -0.39 is 0 Å². The summed E-state index contributed by atoms with van der Waals surface area (Å²) in [4.78, 5) is 2.45. The molecule has 0 bridgehead atoms. The largest absolute Gasteiger partial charge is 0.508 e. The van der Waals surface area contributed by atoms with Crippen molar-refractivity contribution in [2.45, 2.75) is 52.1 Å². The fraction of sp³-hybridized carbons (Fsp3) is 0.429. The summed E-state index contributed by atoms with van der Waals surface area (Å²) in [6.45, 7) is 9.78. The van der Waals surface area contributed by atoms with Gasteiger partial charge in [0.25, 0.3) is 0 Å². The number of rotatable bonds is 7. The molecular weight excluding hydrogens is 298 g/mol. The summed E-state index contributed by atoms with van der Waals surface area (Å²) in [5.74, 6) is 0.480. The number of hydrogen-bond donors (Lipinski definition) is 2. The Morgan fingerprint density at radius 3 is 2.08 bits per heavy atom. The summed E-state index contributed by atoms with van der Waals surface area (Å²) in [5.41, 5.74) is 1.94.